The number of nitrogens with one attached hydrogen (secondary N) is 2. The minimum Gasteiger partial charge on any atom is -0.389 e. The van der Waals surface area contributed by atoms with E-state index in [1.165, 1.54) is 17.3 Å². The highest BCUT2D eigenvalue weighted by atomic mass is 16.1. The second-order valence-electron chi connectivity index (χ2n) is 7.09. The second-order valence-corrected chi connectivity index (χ2v) is 7.09. The van der Waals surface area contributed by atoms with Crippen molar-refractivity contribution in [2.24, 2.45) is 0 Å². The zero-order valence-electron chi connectivity index (χ0n) is 17.0. The molecule has 3 aromatic rings. The Morgan fingerprint density at radius 2 is 1.60 bits per heavy atom. The lowest BCUT2D eigenvalue weighted by atomic mass is 9.98. The fraction of sp³-hybridized carbons (Fsp3) is 0.154. The van der Waals surface area contributed by atoms with E-state index < -0.39 is 5.91 Å². The summed E-state index contributed by atoms with van der Waals surface area (Å²) in [6, 6.07) is 29.4. The normalized spacial score (nSPS) is 11.0. The number of amides is 1. The second kappa shape index (κ2) is 10.6. The Kier molecular flexibility index (Phi) is 7.40. The standard InChI is InChI=1S/C26H25N3O/c1-20-9-8-10-21(17-20)15-16-28-19-24(18-27)26(30)29-25(22-11-4-2-5-12-22)23-13-6-3-7-14-23/h2-14,17,19,25,28H,15-16H2,1H3,(H,29,30)/b24-19-. The fourth-order valence-electron chi connectivity index (χ4n) is 3.27. The summed E-state index contributed by atoms with van der Waals surface area (Å²) < 4.78 is 0. The average Bonchev–Trinajstić information content (AvgIpc) is 2.78. The van der Waals surface area contributed by atoms with Gasteiger partial charge in [-0.1, -0.05) is 90.5 Å². The van der Waals surface area contributed by atoms with Crippen molar-refractivity contribution in [2.45, 2.75) is 19.4 Å². The van der Waals surface area contributed by atoms with Crippen LogP contribution in [0.5, 0.6) is 0 Å². The van der Waals surface area contributed by atoms with Crippen LogP contribution >= 0.6 is 0 Å². The monoisotopic (exact) mass is 395 g/mol. The summed E-state index contributed by atoms with van der Waals surface area (Å²) in [5, 5.41) is 15.6. The van der Waals surface area contributed by atoms with Crippen LogP contribution in [0.4, 0.5) is 0 Å². The molecule has 0 unspecified atom stereocenters. The van der Waals surface area contributed by atoms with Crippen LogP contribution in [0.3, 0.4) is 0 Å². The highest BCUT2D eigenvalue weighted by Gasteiger charge is 2.19. The summed E-state index contributed by atoms with van der Waals surface area (Å²) in [7, 11) is 0. The number of hydrogen-bond acceptors (Lipinski definition) is 3. The lowest BCUT2D eigenvalue weighted by Crippen LogP contribution is -2.31. The lowest BCUT2D eigenvalue weighted by molar-refractivity contribution is -0.117. The molecule has 0 aromatic heterocycles. The zero-order chi connectivity index (χ0) is 21.2. The van der Waals surface area contributed by atoms with Gasteiger partial charge in [0.25, 0.3) is 5.91 Å². The molecule has 0 atom stereocenters. The first-order valence-corrected chi connectivity index (χ1v) is 9.97. The molecule has 0 saturated heterocycles. The van der Waals surface area contributed by atoms with Crippen molar-refractivity contribution in [2.75, 3.05) is 6.54 Å². The molecule has 0 bridgehead atoms. The van der Waals surface area contributed by atoms with Crippen LogP contribution in [-0.2, 0) is 11.2 Å². The molecule has 3 rings (SSSR count). The predicted octanol–water partition coefficient (Wildman–Crippen LogP) is 4.44. The van der Waals surface area contributed by atoms with Crippen LogP contribution in [0.25, 0.3) is 0 Å². The van der Waals surface area contributed by atoms with Crippen molar-refractivity contribution in [1.82, 2.24) is 10.6 Å². The van der Waals surface area contributed by atoms with E-state index in [2.05, 4.69) is 35.8 Å². The Morgan fingerprint density at radius 3 is 2.17 bits per heavy atom. The maximum atomic E-state index is 12.8. The van der Waals surface area contributed by atoms with Gasteiger partial charge in [0.15, 0.2) is 0 Å². The van der Waals surface area contributed by atoms with Gasteiger partial charge in [0.2, 0.25) is 0 Å². The number of hydrogen-bond donors (Lipinski definition) is 2. The molecule has 0 fully saturated rings. The van der Waals surface area contributed by atoms with Crippen LogP contribution in [0, 0.1) is 18.3 Å². The predicted molar refractivity (Wildman–Crippen MR) is 119 cm³/mol. The molecule has 0 aliphatic carbocycles. The number of aryl methyl sites for hydroxylation is 1. The molecule has 0 heterocycles. The maximum Gasteiger partial charge on any atom is 0.264 e. The smallest absolute Gasteiger partial charge is 0.264 e. The Hall–Kier alpha value is -3.84. The molecular formula is C26H25N3O. The van der Waals surface area contributed by atoms with Crippen molar-refractivity contribution in [3.63, 3.8) is 0 Å². The van der Waals surface area contributed by atoms with Gasteiger partial charge in [-0.25, -0.2) is 0 Å². The molecule has 2 N–H and O–H groups in total. The number of nitriles is 1. The number of carbonyl (C=O) groups excluding carboxylic acids is 1. The highest BCUT2D eigenvalue weighted by molar-refractivity contribution is 5.97. The number of carbonyl (C=O) groups is 1. The zero-order valence-corrected chi connectivity index (χ0v) is 17.0. The first-order valence-electron chi connectivity index (χ1n) is 9.97. The molecule has 0 radical (unpaired) electrons. The average molecular weight is 396 g/mol. The SMILES string of the molecule is Cc1cccc(CCN/C=C(/C#N)C(=O)NC(c2ccccc2)c2ccccc2)c1. The van der Waals surface area contributed by atoms with E-state index in [4.69, 9.17) is 0 Å². The fourth-order valence-corrected chi connectivity index (χ4v) is 3.27. The van der Waals surface area contributed by atoms with Crippen molar-refractivity contribution < 1.29 is 4.79 Å². The third-order valence-corrected chi connectivity index (χ3v) is 4.79. The van der Waals surface area contributed by atoms with Gasteiger partial charge < -0.3 is 10.6 Å². The molecule has 0 saturated carbocycles. The third-order valence-electron chi connectivity index (χ3n) is 4.79. The van der Waals surface area contributed by atoms with E-state index in [0.29, 0.717) is 6.54 Å². The molecule has 3 aromatic carbocycles. The first kappa shape index (κ1) is 20.9. The van der Waals surface area contributed by atoms with Crippen molar-refractivity contribution >= 4 is 5.91 Å². The topological polar surface area (TPSA) is 64.9 Å². The van der Waals surface area contributed by atoms with Crippen molar-refractivity contribution in [3.8, 4) is 6.07 Å². The molecule has 1 amide bonds. The van der Waals surface area contributed by atoms with Gasteiger partial charge in [0.05, 0.1) is 6.04 Å². The molecule has 0 aliphatic heterocycles. The largest absolute Gasteiger partial charge is 0.389 e. The van der Waals surface area contributed by atoms with Gasteiger partial charge in [-0.15, -0.1) is 0 Å². The van der Waals surface area contributed by atoms with Crippen LogP contribution in [0.15, 0.2) is 96.7 Å². The van der Waals surface area contributed by atoms with E-state index in [0.717, 1.165) is 17.5 Å². The van der Waals surface area contributed by atoms with Crippen LogP contribution in [0.2, 0.25) is 0 Å². The number of benzene rings is 3. The summed E-state index contributed by atoms with van der Waals surface area (Å²) in [5.41, 5.74) is 4.40. The Bertz CT molecular complexity index is 997. The molecular weight excluding hydrogens is 370 g/mol. The Morgan fingerprint density at radius 1 is 0.967 bits per heavy atom. The van der Waals surface area contributed by atoms with Gasteiger partial charge in [-0.3, -0.25) is 4.79 Å². The number of nitrogens with zero attached hydrogens (tertiary/aromatic N) is 1. The van der Waals surface area contributed by atoms with E-state index in [1.54, 1.807) is 0 Å². The quantitative estimate of drug-likeness (QED) is 0.337. The van der Waals surface area contributed by atoms with E-state index >= 15 is 0 Å². The molecule has 30 heavy (non-hydrogen) atoms. The first-order chi connectivity index (χ1) is 14.7. The third kappa shape index (κ3) is 5.83. The van der Waals surface area contributed by atoms with E-state index in [-0.39, 0.29) is 11.6 Å². The summed E-state index contributed by atoms with van der Waals surface area (Å²) in [4.78, 5) is 12.8. The van der Waals surface area contributed by atoms with E-state index in [9.17, 15) is 10.1 Å². The minimum absolute atomic E-state index is 0.0519. The van der Waals surface area contributed by atoms with Crippen molar-refractivity contribution in [3.05, 3.63) is 119 Å². The Labute approximate surface area is 177 Å². The molecule has 4 heteroatoms. The molecule has 0 aliphatic rings. The molecule has 150 valence electrons. The van der Waals surface area contributed by atoms with E-state index in [1.807, 2.05) is 72.8 Å². The summed E-state index contributed by atoms with van der Waals surface area (Å²) >= 11 is 0. The summed E-state index contributed by atoms with van der Waals surface area (Å²) in [6.45, 7) is 2.70. The Balaban J connectivity index is 1.67. The van der Waals surface area contributed by atoms with Gasteiger partial charge in [-0.2, -0.15) is 5.26 Å². The van der Waals surface area contributed by atoms with Crippen LogP contribution in [-0.4, -0.2) is 12.5 Å². The molecule has 4 nitrogen and oxygen atoms in total. The van der Waals surface area contributed by atoms with Crippen LogP contribution in [0.1, 0.15) is 28.3 Å². The van der Waals surface area contributed by atoms with Gasteiger partial charge in [-0.05, 0) is 30.0 Å². The summed E-state index contributed by atoms with van der Waals surface area (Å²) in [6.07, 6.45) is 2.31. The van der Waals surface area contributed by atoms with Crippen LogP contribution < -0.4 is 10.6 Å². The van der Waals surface area contributed by atoms with Gasteiger partial charge in [0.1, 0.15) is 11.6 Å². The van der Waals surface area contributed by atoms with Gasteiger partial charge >= 0.3 is 0 Å². The summed E-state index contributed by atoms with van der Waals surface area (Å²) in [5.74, 6) is -0.404. The minimum atomic E-state index is -0.404. The lowest BCUT2D eigenvalue weighted by Gasteiger charge is -2.19. The maximum absolute atomic E-state index is 12.8. The molecule has 0 spiro atoms. The van der Waals surface area contributed by atoms with Crippen molar-refractivity contribution in [1.29, 1.82) is 5.26 Å². The van der Waals surface area contributed by atoms with Gasteiger partial charge in [0, 0.05) is 12.7 Å². The highest BCUT2D eigenvalue weighted by Crippen LogP contribution is 2.22. The number of rotatable bonds is 8.